The Morgan fingerprint density at radius 1 is 1.13 bits per heavy atom. The number of ether oxygens (including phenoxy) is 2. The maximum Gasteiger partial charge on any atom is 0.275 e. The van der Waals surface area contributed by atoms with Crippen LogP contribution in [0.25, 0.3) is 0 Å². The first-order chi connectivity index (χ1) is 11.1. The number of nitrogens with one attached hydrogen (secondary N) is 1. The van der Waals surface area contributed by atoms with E-state index in [9.17, 15) is 4.79 Å². The molecule has 0 saturated carbocycles. The van der Waals surface area contributed by atoms with Crippen molar-refractivity contribution in [3.63, 3.8) is 0 Å². The first-order valence-corrected chi connectivity index (χ1v) is 7.32. The summed E-state index contributed by atoms with van der Waals surface area (Å²) in [5.41, 5.74) is 3.31. The molecule has 0 saturated heterocycles. The Morgan fingerprint density at radius 3 is 2.52 bits per heavy atom. The van der Waals surface area contributed by atoms with Gasteiger partial charge in [-0.3, -0.25) is 4.79 Å². The van der Waals surface area contributed by atoms with Crippen molar-refractivity contribution in [3.05, 3.63) is 57.6 Å². The number of rotatable bonds is 5. The van der Waals surface area contributed by atoms with E-state index in [4.69, 9.17) is 32.7 Å². The van der Waals surface area contributed by atoms with Gasteiger partial charge in [-0.25, -0.2) is 5.43 Å². The van der Waals surface area contributed by atoms with Gasteiger partial charge in [0, 0.05) is 5.02 Å². The average Bonchev–Trinajstić information content (AvgIpc) is 2.56. The molecule has 0 bridgehead atoms. The largest absolute Gasteiger partial charge is 0.496 e. The minimum atomic E-state index is -0.400. The molecule has 0 unspecified atom stereocenters. The quantitative estimate of drug-likeness (QED) is 0.658. The molecule has 5 nitrogen and oxygen atoms in total. The third-order valence-electron chi connectivity index (χ3n) is 2.99. The van der Waals surface area contributed by atoms with Crippen LogP contribution in [0.1, 0.15) is 15.9 Å². The molecule has 7 heteroatoms. The van der Waals surface area contributed by atoms with Crippen LogP contribution in [0.2, 0.25) is 10.0 Å². The normalized spacial score (nSPS) is 10.6. The number of para-hydroxylation sites is 1. The van der Waals surface area contributed by atoms with Crippen LogP contribution in [0.4, 0.5) is 0 Å². The summed E-state index contributed by atoms with van der Waals surface area (Å²) >= 11 is 12.0. The second-order valence-electron chi connectivity index (χ2n) is 4.40. The standard InChI is InChI=1S/C16H14Cl2N2O3/c1-22-14-6-4-3-5-11(14)16(21)20-19-9-12-13(18)7-10(17)8-15(12)23-2/h3-9H,1-2H3,(H,20,21). The van der Waals surface area contributed by atoms with Gasteiger partial charge in [0.2, 0.25) is 0 Å². The number of halogens is 2. The minimum Gasteiger partial charge on any atom is -0.496 e. The van der Waals surface area contributed by atoms with Gasteiger partial charge in [-0.1, -0.05) is 35.3 Å². The van der Waals surface area contributed by atoms with Crippen LogP contribution in [0, 0.1) is 0 Å². The second kappa shape index (κ2) is 7.85. The highest BCUT2D eigenvalue weighted by molar-refractivity contribution is 6.36. The van der Waals surface area contributed by atoms with Crippen LogP contribution in [0.3, 0.4) is 0 Å². The second-order valence-corrected chi connectivity index (χ2v) is 5.25. The fourth-order valence-electron chi connectivity index (χ4n) is 1.90. The van der Waals surface area contributed by atoms with Crippen LogP contribution < -0.4 is 14.9 Å². The summed E-state index contributed by atoms with van der Waals surface area (Å²) in [5.74, 6) is 0.517. The number of hydrazone groups is 1. The van der Waals surface area contributed by atoms with Gasteiger partial charge in [-0.2, -0.15) is 5.10 Å². The van der Waals surface area contributed by atoms with Gasteiger partial charge < -0.3 is 9.47 Å². The number of carbonyl (C=O) groups excluding carboxylic acids is 1. The smallest absolute Gasteiger partial charge is 0.275 e. The molecule has 0 aliphatic heterocycles. The van der Waals surface area contributed by atoms with Crippen molar-refractivity contribution in [2.45, 2.75) is 0 Å². The molecular formula is C16H14Cl2N2O3. The molecule has 0 radical (unpaired) electrons. The average molecular weight is 353 g/mol. The van der Waals surface area contributed by atoms with Crippen molar-refractivity contribution in [2.75, 3.05) is 14.2 Å². The van der Waals surface area contributed by atoms with E-state index in [1.165, 1.54) is 20.4 Å². The number of nitrogens with zero attached hydrogens (tertiary/aromatic N) is 1. The summed E-state index contributed by atoms with van der Waals surface area (Å²) in [6, 6.07) is 10.0. The van der Waals surface area contributed by atoms with E-state index in [1.54, 1.807) is 36.4 Å². The van der Waals surface area contributed by atoms with Crippen molar-refractivity contribution >= 4 is 35.3 Å². The Hall–Kier alpha value is -2.24. The predicted octanol–water partition coefficient (Wildman–Crippen LogP) is 3.77. The molecule has 2 aromatic carbocycles. The highest BCUT2D eigenvalue weighted by Crippen LogP contribution is 2.29. The Kier molecular flexibility index (Phi) is 5.84. The van der Waals surface area contributed by atoms with Crippen molar-refractivity contribution in [2.24, 2.45) is 5.10 Å². The maximum atomic E-state index is 12.1. The van der Waals surface area contributed by atoms with E-state index in [0.717, 1.165) is 0 Å². The summed E-state index contributed by atoms with van der Waals surface area (Å²) in [7, 11) is 2.99. The number of carbonyl (C=O) groups is 1. The number of benzene rings is 2. The summed E-state index contributed by atoms with van der Waals surface area (Å²) < 4.78 is 10.3. The number of hydrogen-bond acceptors (Lipinski definition) is 4. The molecule has 0 heterocycles. The third-order valence-corrected chi connectivity index (χ3v) is 3.52. The summed E-state index contributed by atoms with van der Waals surface area (Å²) in [4.78, 5) is 12.1. The Labute approximate surface area is 143 Å². The van der Waals surface area contributed by atoms with Crippen molar-refractivity contribution in [1.82, 2.24) is 5.43 Å². The Balaban J connectivity index is 2.18. The van der Waals surface area contributed by atoms with E-state index in [2.05, 4.69) is 10.5 Å². The molecule has 2 aromatic rings. The lowest BCUT2D eigenvalue weighted by molar-refractivity contribution is 0.0952. The Morgan fingerprint density at radius 2 is 1.83 bits per heavy atom. The molecule has 0 aliphatic rings. The van der Waals surface area contributed by atoms with Gasteiger partial charge in [-0.15, -0.1) is 0 Å². The Bertz CT molecular complexity index is 748. The van der Waals surface area contributed by atoms with Gasteiger partial charge in [0.15, 0.2) is 0 Å². The van der Waals surface area contributed by atoms with Gasteiger partial charge in [0.1, 0.15) is 11.5 Å². The first kappa shape index (κ1) is 17.1. The van der Waals surface area contributed by atoms with E-state index in [0.29, 0.717) is 32.7 Å². The molecular weight excluding hydrogens is 339 g/mol. The molecule has 0 spiro atoms. The van der Waals surface area contributed by atoms with Crippen LogP contribution >= 0.6 is 23.2 Å². The highest BCUT2D eigenvalue weighted by Gasteiger charge is 2.11. The summed E-state index contributed by atoms with van der Waals surface area (Å²) in [6.45, 7) is 0. The van der Waals surface area contributed by atoms with Crippen LogP contribution in [-0.2, 0) is 0 Å². The zero-order valence-electron chi connectivity index (χ0n) is 12.5. The van der Waals surface area contributed by atoms with Crippen molar-refractivity contribution in [3.8, 4) is 11.5 Å². The monoisotopic (exact) mass is 352 g/mol. The van der Waals surface area contributed by atoms with E-state index in [1.807, 2.05) is 0 Å². The predicted molar refractivity (Wildman–Crippen MR) is 91.1 cm³/mol. The molecule has 0 fully saturated rings. The van der Waals surface area contributed by atoms with Crippen LogP contribution in [-0.4, -0.2) is 26.3 Å². The van der Waals surface area contributed by atoms with E-state index >= 15 is 0 Å². The SMILES string of the molecule is COc1ccccc1C(=O)NN=Cc1c(Cl)cc(Cl)cc1OC. The van der Waals surface area contributed by atoms with Gasteiger partial charge in [-0.05, 0) is 24.3 Å². The van der Waals surface area contributed by atoms with E-state index in [-0.39, 0.29) is 0 Å². The topological polar surface area (TPSA) is 59.9 Å². The van der Waals surface area contributed by atoms with E-state index < -0.39 is 5.91 Å². The van der Waals surface area contributed by atoms with Gasteiger partial charge >= 0.3 is 0 Å². The molecule has 0 aliphatic carbocycles. The zero-order chi connectivity index (χ0) is 16.8. The third kappa shape index (κ3) is 4.15. The molecule has 0 aromatic heterocycles. The van der Waals surface area contributed by atoms with Gasteiger partial charge in [0.05, 0.1) is 36.6 Å². The number of amides is 1. The lowest BCUT2D eigenvalue weighted by Crippen LogP contribution is -2.18. The van der Waals surface area contributed by atoms with Crippen LogP contribution in [0.5, 0.6) is 11.5 Å². The fraction of sp³-hybridized carbons (Fsp3) is 0.125. The number of hydrogen-bond donors (Lipinski definition) is 1. The van der Waals surface area contributed by atoms with Crippen LogP contribution in [0.15, 0.2) is 41.5 Å². The first-order valence-electron chi connectivity index (χ1n) is 6.56. The molecule has 1 amide bonds. The van der Waals surface area contributed by atoms with Crippen molar-refractivity contribution < 1.29 is 14.3 Å². The summed E-state index contributed by atoms with van der Waals surface area (Å²) in [5, 5.41) is 4.72. The van der Waals surface area contributed by atoms with Crippen molar-refractivity contribution in [1.29, 1.82) is 0 Å². The lowest BCUT2D eigenvalue weighted by Gasteiger charge is -2.08. The minimum absolute atomic E-state index is 0.365. The highest BCUT2D eigenvalue weighted by atomic mass is 35.5. The molecule has 0 atom stereocenters. The molecule has 120 valence electrons. The van der Waals surface area contributed by atoms with Gasteiger partial charge in [0.25, 0.3) is 5.91 Å². The lowest BCUT2D eigenvalue weighted by atomic mass is 10.2. The summed E-state index contributed by atoms with van der Waals surface area (Å²) in [6.07, 6.45) is 1.39. The molecule has 2 rings (SSSR count). The zero-order valence-corrected chi connectivity index (χ0v) is 14.0. The maximum absolute atomic E-state index is 12.1. The molecule has 1 N–H and O–H groups in total. The fourth-order valence-corrected chi connectivity index (χ4v) is 2.43. The molecule has 23 heavy (non-hydrogen) atoms. The number of methoxy groups -OCH3 is 2.